The Hall–Kier alpha value is -2.28. The molecule has 1 aliphatic heterocycles. The Morgan fingerprint density at radius 2 is 1.84 bits per heavy atom. The Morgan fingerprint density at radius 1 is 1.19 bits per heavy atom. The van der Waals surface area contributed by atoms with E-state index in [-0.39, 0.29) is 41.5 Å². The van der Waals surface area contributed by atoms with Crippen molar-refractivity contribution in [2.45, 2.75) is 50.1 Å². The van der Waals surface area contributed by atoms with Gasteiger partial charge in [-0.3, -0.25) is 4.90 Å². The minimum atomic E-state index is -0.973. The molecule has 6 nitrogen and oxygen atoms in total. The molecule has 1 heterocycles. The van der Waals surface area contributed by atoms with E-state index in [1.165, 1.54) is 5.56 Å². The molecule has 2 fully saturated rings. The molecule has 0 radical (unpaired) electrons. The van der Waals surface area contributed by atoms with Gasteiger partial charge in [-0.05, 0) is 74.6 Å². The molecular formula is C24H29Cl2N3O3. The van der Waals surface area contributed by atoms with Crippen molar-refractivity contribution in [3.63, 3.8) is 0 Å². The number of amides is 2. The second-order valence-electron chi connectivity index (χ2n) is 8.73. The van der Waals surface area contributed by atoms with E-state index >= 15 is 0 Å². The van der Waals surface area contributed by atoms with Crippen LogP contribution in [0.4, 0.5) is 10.5 Å². The van der Waals surface area contributed by atoms with E-state index in [0.717, 1.165) is 36.4 Å². The van der Waals surface area contributed by atoms with Gasteiger partial charge in [-0.15, -0.1) is 12.4 Å². The summed E-state index contributed by atoms with van der Waals surface area (Å²) in [5.74, 6) is -0.973. The van der Waals surface area contributed by atoms with Gasteiger partial charge in [-0.25, -0.2) is 9.59 Å². The topological polar surface area (TPSA) is 86.9 Å². The third-order valence-electron chi connectivity index (χ3n) is 6.93. The first-order valence-electron chi connectivity index (χ1n) is 10.7. The highest BCUT2D eigenvalue weighted by Gasteiger charge is 2.44. The summed E-state index contributed by atoms with van der Waals surface area (Å²) >= 11 is 6.22. The SMILES string of the molecule is C[C@@H]1CN(c2ccc(C(=O)O)cc2)C(=O)N1C1CCC(CN)(c2cccc(Cl)c2)CC1.Cl. The lowest BCUT2D eigenvalue weighted by Crippen LogP contribution is -2.48. The van der Waals surface area contributed by atoms with Crippen LogP contribution in [-0.4, -0.2) is 47.2 Å². The van der Waals surface area contributed by atoms with Crippen molar-refractivity contribution in [2.24, 2.45) is 5.73 Å². The van der Waals surface area contributed by atoms with E-state index in [4.69, 9.17) is 22.4 Å². The van der Waals surface area contributed by atoms with Crippen molar-refractivity contribution >= 4 is 41.7 Å². The second kappa shape index (κ2) is 9.69. The maximum Gasteiger partial charge on any atom is 0.335 e. The fourth-order valence-corrected chi connectivity index (χ4v) is 5.33. The van der Waals surface area contributed by atoms with Crippen LogP contribution in [0.1, 0.15) is 48.5 Å². The van der Waals surface area contributed by atoms with Crippen LogP contribution in [0.15, 0.2) is 48.5 Å². The first-order valence-corrected chi connectivity index (χ1v) is 11.1. The number of carboxylic acids is 1. The quantitative estimate of drug-likeness (QED) is 0.638. The number of nitrogens with zero attached hydrogens (tertiary/aromatic N) is 2. The number of carbonyl (C=O) groups excluding carboxylic acids is 1. The van der Waals surface area contributed by atoms with Crippen molar-refractivity contribution in [3.8, 4) is 0 Å². The van der Waals surface area contributed by atoms with Crippen LogP contribution in [0.3, 0.4) is 0 Å². The third-order valence-corrected chi connectivity index (χ3v) is 7.17. The van der Waals surface area contributed by atoms with E-state index < -0.39 is 5.97 Å². The number of urea groups is 1. The lowest BCUT2D eigenvalue weighted by atomic mass is 9.68. The molecule has 4 rings (SSSR count). The average molecular weight is 478 g/mol. The molecular weight excluding hydrogens is 449 g/mol. The molecule has 0 spiro atoms. The van der Waals surface area contributed by atoms with Gasteiger partial charge in [-0.1, -0.05) is 23.7 Å². The first kappa shape index (κ1) is 24.4. The summed E-state index contributed by atoms with van der Waals surface area (Å²) in [4.78, 5) is 28.1. The van der Waals surface area contributed by atoms with Crippen LogP contribution < -0.4 is 10.6 Å². The fourth-order valence-electron chi connectivity index (χ4n) is 5.14. The molecule has 2 aromatic carbocycles. The van der Waals surface area contributed by atoms with Gasteiger partial charge in [0.2, 0.25) is 0 Å². The van der Waals surface area contributed by atoms with Crippen molar-refractivity contribution in [1.29, 1.82) is 0 Å². The number of aromatic carboxylic acids is 1. The van der Waals surface area contributed by atoms with E-state index in [1.54, 1.807) is 29.2 Å². The van der Waals surface area contributed by atoms with Crippen molar-refractivity contribution in [2.75, 3.05) is 18.0 Å². The molecule has 2 amide bonds. The van der Waals surface area contributed by atoms with Crippen LogP contribution in [0, 0.1) is 0 Å². The van der Waals surface area contributed by atoms with Crippen LogP contribution in [-0.2, 0) is 5.41 Å². The summed E-state index contributed by atoms with van der Waals surface area (Å²) < 4.78 is 0. The van der Waals surface area contributed by atoms with E-state index in [2.05, 4.69) is 13.0 Å². The summed E-state index contributed by atoms with van der Waals surface area (Å²) in [5, 5.41) is 9.83. The zero-order valence-corrected chi connectivity index (χ0v) is 19.6. The van der Waals surface area contributed by atoms with Gasteiger partial charge >= 0.3 is 12.0 Å². The summed E-state index contributed by atoms with van der Waals surface area (Å²) in [6, 6.07) is 14.7. The van der Waals surface area contributed by atoms with Crippen LogP contribution >= 0.6 is 24.0 Å². The Morgan fingerprint density at radius 3 is 2.41 bits per heavy atom. The monoisotopic (exact) mass is 477 g/mol. The number of hydrogen-bond acceptors (Lipinski definition) is 3. The van der Waals surface area contributed by atoms with Gasteiger partial charge in [0.1, 0.15) is 0 Å². The molecule has 3 N–H and O–H groups in total. The summed E-state index contributed by atoms with van der Waals surface area (Å²) in [6.45, 7) is 3.23. The molecule has 1 saturated heterocycles. The van der Waals surface area contributed by atoms with E-state index in [9.17, 15) is 9.59 Å². The van der Waals surface area contributed by atoms with E-state index in [0.29, 0.717) is 13.1 Å². The Labute approximate surface area is 199 Å². The van der Waals surface area contributed by atoms with Crippen molar-refractivity contribution in [3.05, 3.63) is 64.7 Å². The van der Waals surface area contributed by atoms with Gasteiger partial charge in [0.05, 0.1) is 5.56 Å². The number of nitrogens with two attached hydrogens (primary N) is 1. The predicted octanol–water partition coefficient (Wildman–Crippen LogP) is 4.93. The highest BCUT2D eigenvalue weighted by molar-refractivity contribution is 6.30. The number of rotatable bonds is 5. The number of halogens is 2. The molecule has 172 valence electrons. The molecule has 0 aromatic heterocycles. The molecule has 1 saturated carbocycles. The number of benzene rings is 2. The number of carbonyl (C=O) groups is 2. The highest BCUT2D eigenvalue weighted by atomic mass is 35.5. The van der Waals surface area contributed by atoms with E-state index in [1.807, 2.05) is 23.1 Å². The van der Waals surface area contributed by atoms with Gasteiger partial charge in [0.15, 0.2) is 0 Å². The predicted molar refractivity (Wildman–Crippen MR) is 129 cm³/mol. The molecule has 1 atom stereocenters. The highest BCUT2D eigenvalue weighted by Crippen LogP contribution is 2.42. The number of hydrogen-bond donors (Lipinski definition) is 2. The molecule has 1 aliphatic carbocycles. The maximum absolute atomic E-state index is 13.3. The molecule has 32 heavy (non-hydrogen) atoms. The lowest BCUT2D eigenvalue weighted by Gasteiger charge is -2.43. The van der Waals surface area contributed by atoms with Crippen LogP contribution in [0.2, 0.25) is 5.02 Å². The molecule has 8 heteroatoms. The second-order valence-corrected chi connectivity index (χ2v) is 9.16. The summed E-state index contributed by atoms with van der Waals surface area (Å²) in [7, 11) is 0. The van der Waals surface area contributed by atoms with Crippen LogP contribution in [0.5, 0.6) is 0 Å². The number of carboxylic acid groups (broad SMARTS) is 1. The standard InChI is InChI=1S/C24H28ClN3O3.ClH/c1-16-14-27(20-7-5-17(6-8-20)22(29)30)23(31)28(16)21-9-11-24(15-26,12-10-21)18-3-2-4-19(25)13-18;/h2-8,13,16,21H,9-12,14-15,26H2,1H3,(H,29,30);1H/t16-,21?,24?;/m1./s1. The van der Waals surface area contributed by atoms with Gasteiger partial charge < -0.3 is 15.7 Å². The van der Waals surface area contributed by atoms with Crippen molar-refractivity contribution in [1.82, 2.24) is 4.90 Å². The lowest BCUT2D eigenvalue weighted by molar-refractivity contribution is 0.0697. The van der Waals surface area contributed by atoms with Gasteiger partial charge in [0.25, 0.3) is 0 Å². The zero-order valence-electron chi connectivity index (χ0n) is 18.0. The summed E-state index contributed by atoms with van der Waals surface area (Å²) in [5.41, 5.74) is 8.26. The minimum Gasteiger partial charge on any atom is -0.478 e. The average Bonchev–Trinajstić information content (AvgIpc) is 3.07. The Kier molecular flexibility index (Phi) is 7.38. The Balaban J connectivity index is 0.00000289. The minimum absolute atomic E-state index is 0. The van der Waals surface area contributed by atoms with Gasteiger partial charge in [-0.2, -0.15) is 0 Å². The first-order chi connectivity index (χ1) is 14.8. The fraction of sp³-hybridized carbons (Fsp3) is 0.417. The molecule has 0 bridgehead atoms. The zero-order chi connectivity index (χ0) is 22.2. The molecule has 2 aliphatic rings. The van der Waals surface area contributed by atoms with Gasteiger partial charge in [0, 0.05) is 41.3 Å². The number of anilines is 1. The molecule has 2 aromatic rings. The normalized spacial score (nSPS) is 25.5. The molecule has 0 unspecified atom stereocenters. The Bertz CT molecular complexity index is 975. The smallest absolute Gasteiger partial charge is 0.335 e. The third kappa shape index (κ3) is 4.45. The van der Waals surface area contributed by atoms with Crippen molar-refractivity contribution < 1.29 is 14.7 Å². The maximum atomic E-state index is 13.3. The largest absolute Gasteiger partial charge is 0.478 e. The van der Waals surface area contributed by atoms with Crippen LogP contribution in [0.25, 0.3) is 0 Å². The summed E-state index contributed by atoms with van der Waals surface area (Å²) in [6.07, 6.45) is 3.62.